The van der Waals surface area contributed by atoms with E-state index in [1.54, 1.807) is 13.4 Å². The summed E-state index contributed by atoms with van der Waals surface area (Å²) < 4.78 is 7.52. The lowest BCUT2D eigenvalue weighted by atomic mass is 10.0. The van der Waals surface area contributed by atoms with E-state index in [4.69, 9.17) is 9.94 Å². The molecule has 0 fully saturated rings. The molecule has 1 N–H and O–H groups in total. The van der Waals surface area contributed by atoms with Crippen LogP contribution in [-0.4, -0.2) is 28.1 Å². The van der Waals surface area contributed by atoms with Gasteiger partial charge in [-0.3, -0.25) is 4.57 Å². The highest BCUT2D eigenvalue weighted by Gasteiger charge is 2.09. The van der Waals surface area contributed by atoms with Gasteiger partial charge in [0.05, 0.1) is 24.4 Å². The van der Waals surface area contributed by atoms with Crippen LogP contribution in [0, 0.1) is 0 Å². The van der Waals surface area contributed by atoms with Crippen molar-refractivity contribution in [3.63, 3.8) is 0 Å². The average molecular weight is 343 g/mol. The number of oxime groups is 1. The maximum Gasteiger partial charge on any atom is 0.126 e. The third kappa shape index (κ3) is 2.80. The molecular formula is C21H17N3O2. The molecule has 0 atom stereocenters. The average Bonchev–Trinajstić information content (AvgIpc) is 3.11. The first-order chi connectivity index (χ1) is 12.8. The SMILES string of the molecule is COc1ccccc1-c1cccc(-n2cnc3cc(/C=N/O)ccc32)c1. The minimum absolute atomic E-state index is 0.799. The van der Waals surface area contributed by atoms with Gasteiger partial charge >= 0.3 is 0 Å². The maximum absolute atomic E-state index is 8.69. The van der Waals surface area contributed by atoms with E-state index in [2.05, 4.69) is 22.3 Å². The van der Waals surface area contributed by atoms with E-state index >= 15 is 0 Å². The molecule has 4 aromatic rings. The standard InChI is InChI=1S/C21H17N3O2/c1-26-21-8-3-2-7-18(21)16-5-4-6-17(12-16)24-14-22-19-11-15(13-23-25)9-10-20(19)24/h2-14,25H,1H3/b23-13+. The minimum Gasteiger partial charge on any atom is -0.496 e. The van der Waals surface area contributed by atoms with Crippen molar-refractivity contribution in [2.45, 2.75) is 0 Å². The van der Waals surface area contributed by atoms with E-state index in [9.17, 15) is 0 Å². The van der Waals surface area contributed by atoms with Crippen molar-refractivity contribution in [1.29, 1.82) is 0 Å². The molecule has 0 unspecified atom stereocenters. The molecule has 0 aliphatic heterocycles. The van der Waals surface area contributed by atoms with Crippen LogP contribution in [0.15, 0.2) is 78.2 Å². The van der Waals surface area contributed by atoms with Crippen LogP contribution in [-0.2, 0) is 0 Å². The first-order valence-corrected chi connectivity index (χ1v) is 8.18. The summed E-state index contributed by atoms with van der Waals surface area (Å²) in [4.78, 5) is 4.47. The molecule has 0 bridgehead atoms. The van der Waals surface area contributed by atoms with Crippen LogP contribution >= 0.6 is 0 Å². The van der Waals surface area contributed by atoms with Crippen molar-refractivity contribution < 1.29 is 9.94 Å². The molecule has 0 aliphatic carbocycles. The quantitative estimate of drug-likeness (QED) is 0.337. The molecule has 4 rings (SSSR count). The number of ether oxygens (including phenoxy) is 1. The summed E-state index contributed by atoms with van der Waals surface area (Å²) in [6, 6.07) is 22.0. The number of aromatic nitrogens is 2. The first kappa shape index (κ1) is 15.9. The van der Waals surface area contributed by atoms with Crippen molar-refractivity contribution in [2.75, 3.05) is 7.11 Å². The van der Waals surface area contributed by atoms with Crippen LogP contribution < -0.4 is 4.74 Å². The van der Waals surface area contributed by atoms with Gasteiger partial charge < -0.3 is 9.94 Å². The normalized spacial score (nSPS) is 11.3. The van der Waals surface area contributed by atoms with Gasteiger partial charge in [-0.05, 0) is 41.5 Å². The number of methoxy groups -OCH3 is 1. The van der Waals surface area contributed by atoms with Gasteiger partial charge in [0.1, 0.15) is 12.1 Å². The Kier molecular flexibility index (Phi) is 4.11. The Morgan fingerprint density at radius 3 is 2.77 bits per heavy atom. The summed E-state index contributed by atoms with van der Waals surface area (Å²) in [5.41, 5.74) is 5.75. The van der Waals surface area contributed by atoms with Gasteiger partial charge in [-0.1, -0.05) is 41.6 Å². The third-order valence-corrected chi connectivity index (χ3v) is 4.32. The van der Waals surface area contributed by atoms with Gasteiger partial charge in [-0.25, -0.2) is 4.98 Å². The van der Waals surface area contributed by atoms with Crippen LogP contribution in [0.1, 0.15) is 5.56 Å². The molecule has 0 aliphatic rings. The molecule has 5 heteroatoms. The van der Waals surface area contributed by atoms with Gasteiger partial charge in [-0.15, -0.1) is 0 Å². The predicted molar refractivity (Wildman–Crippen MR) is 102 cm³/mol. The van der Waals surface area contributed by atoms with E-state index in [-0.39, 0.29) is 0 Å². The largest absolute Gasteiger partial charge is 0.496 e. The fourth-order valence-electron chi connectivity index (χ4n) is 3.09. The number of rotatable bonds is 4. The smallest absolute Gasteiger partial charge is 0.126 e. The summed E-state index contributed by atoms with van der Waals surface area (Å²) in [7, 11) is 1.68. The molecule has 3 aromatic carbocycles. The molecule has 1 aromatic heterocycles. The van der Waals surface area contributed by atoms with Gasteiger partial charge in [-0.2, -0.15) is 0 Å². The summed E-state index contributed by atoms with van der Waals surface area (Å²) in [6.07, 6.45) is 3.19. The van der Waals surface area contributed by atoms with Crippen LogP contribution in [0.5, 0.6) is 5.75 Å². The van der Waals surface area contributed by atoms with Crippen LogP contribution in [0.25, 0.3) is 27.8 Å². The molecule has 5 nitrogen and oxygen atoms in total. The Bertz CT molecular complexity index is 1100. The Labute approximate surface area is 150 Å². The van der Waals surface area contributed by atoms with E-state index in [1.165, 1.54) is 6.21 Å². The van der Waals surface area contributed by atoms with Gasteiger partial charge in [0, 0.05) is 11.3 Å². The van der Waals surface area contributed by atoms with Crippen molar-refractivity contribution in [3.05, 3.63) is 78.6 Å². The Hall–Kier alpha value is -3.60. The third-order valence-electron chi connectivity index (χ3n) is 4.32. The fourth-order valence-corrected chi connectivity index (χ4v) is 3.09. The zero-order chi connectivity index (χ0) is 17.9. The Balaban J connectivity index is 1.81. The summed E-state index contributed by atoms with van der Waals surface area (Å²) in [6.45, 7) is 0. The Morgan fingerprint density at radius 2 is 1.92 bits per heavy atom. The molecule has 0 radical (unpaired) electrons. The maximum atomic E-state index is 8.69. The lowest BCUT2D eigenvalue weighted by molar-refractivity contribution is 0.322. The van der Waals surface area contributed by atoms with Crippen LogP contribution in [0.3, 0.4) is 0 Å². The van der Waals surface area contributed by atoms with Crippen molar-refractivity contribution >= 4 is 17.2 Å². The zero-order valence-electron chi connectivity index (χ0n) is 14.2. The Morgan fingerprint density at radius 1 is 1.04 bits per heavy atom. The number of hydrogen-bond donors (Lipinski definition) is 1. The monoisotopic (exact) mass is 343 g/mol. The molecule has 26 heavy (non-hydrogen) atoms. The molecule has 0 saturated carbocycles. The molecule has 128 valence electrons. The lowest BCUT2D eigenvalue weighted by Crippen LogP contribution is -1.93. The van der Waals surface area contributed by atoms with E-state index in [0.29, 0.717) is 0 Å². The highest BCUT2D eigenvalue weighted by Crippen LogP contribution is 2.31. The molecule has 1 heterocycles. The number of imidazole rings is 1. The fraction of sp³-hybridized carbons (Fsp3) is 0.0476. The lowest BCUT2D eigenvalue weighted by Gasteiger charge is -2.11. The number of benzene rings is 3. The first-order valence-electron chi connectivity index (χ1n) is 8.18. The zero-order valence-corrected chi connectivity index (χ0v) is 14.2. The van der Waals surface area contributed by atoms with Gasteiger partial charge in [0.2, 0.25) is 0 Å². The van der Waals surface area contributed by atoms with Gasteiger partial charge in [0.15, 0.2) is 0 Å². The van der Waals surface area contributed by atoms with Crippen molar-refractivity contribution in [2.24, 2.45) is 5.16 Å². The topological polar surface area (TPSA) is 59.6 Å². The minimum atomic E-state index is 0.799. The number of hydrogen-bond acceptors (Lipinski definition) is 4. The van der Waals surface area contributed by atoms with Gasteiger partial charge in [0.25, 0.3) is 0 Å². The highest BCUT2D eigenvalue weighted by molar-refractivity contribution is 5.87. The summed E-state index contributed by atoms with van der Waals surface area (Å²) in [5.74, 6) is 0.841. The predicted octanol–water partition coefficient (Wildman–Crippen LogP) is 4.51. The second-order valence-electron chi connectivity index (χ2n) is 5.86. The second kappa shape index (κ2) is 6.72. The van der Waals surface area contributed by atoms with E-state index in [1.807, 2.05) is 59.2 Å². The number of fused-ring (bicyclic) bond motifs is 1. The van der Waals surface area contributed by atoms with E-state index in [0.717, 1.165) is 39.2 Å². The van der Waals surface area contributed by atoms with Crippen LogP contribution in [0.2, 0.25) is 0 Å². The second-order valence-corrected chi connectivity index (χ2v) is 5.86. The molecule has 0 amide bonds. The van der Waals surface area contributed by atoms with E-state index < -0.39 is 0 Å². The number of nitrogens with zero attached hydrogens (tertiary/aromatic N) is 3. The molecule has 0 saturated heterocycles. The van der Waals surface area contributed by atoms with Crippen molar-refractivity contribution in [1.82, 2.24) is 9.55 Å². The summed E-state index contributed by atoms with van der Waals surface area (Å²) in [5, 5.41) is 11.8. The highest BCUT2D eigenvalue weighted by atomic mass is 16.5. The van der Waals surface area contributed by atoms with Crippen LogP contribution in [0.4, 0.5) is 0 Å². The summed E-state index contributed by atoms with van der Waals surface area (Å²) >= 11 is 0. The number of para-hydroxylation sites is 1. The molecular weight excluding hydrogens is 326 g/mol. The van der Waals surface area contributed by atoms with Crippen molar-refractivity contribution in [3.8, 4) is 22.6 Å². The molecule has 0 spiro atoms.